The lowest BCUT2D eigenvalue weighted by atomic mass is 10.00. The van der Waals surface area contributed by atoms with Gasteiger partial charge in [0.1, 0.15) is 0 Å². The third kappa shape index (κ3) is 2.89. The van der Waals surface area contributed by atoms with Crippen LogP contribution < -0.4 is 5.32 Å². The van der Waals surface area contributed by atoms with Crippen LogP contribution >= 0.6 is 0 Å². The van der Waals surface area contributed by atoms with Gasteiger partial charge in [-0.3, -0.25) is 5.10 Å². The Kier molecular flexibility index (Phi) is 3.69. The van der Waals surface area contributed by atoms with E-state index < -0.39 is 0 Å². The van der Waals surface area contributed by atoms with Gasteiger partial charge in [-0.05, 0) is 37.5 Å². The Morgan fingerprint density at radius 2 is 2.42 bits per heavy atom. The molecule has 1 aromatic carbocycles. The van der Waals surface area contributed by atoms with Gasteiger partial charge in [0.2, 0.25) is 0 Å². The molecule has 4 nitrogen and oxygen atoms in total. The number of hydrogen-bond acceptors (Lipinski definition) is 3. The van der Waals surface area contributed by atoms with E-state index in [0.29, 0.717) is 12.1 Å². The lowest BCUT2D eigenvalue weighted by Gasteiger charge is -2.30. The Hall–Kier alpha value is -1.55. The molecule has 2 aromatic rings. The third-order valence-electron chi connectivity index (χ3n) is 3.79. The molecule has 0 saturated carbocycles. The van der Waals surface area contributed by atoms with Gasteiger partial charge in [0.25, 0.3) is 0 Å². The van der Waals surface area contributed by atoms with Crippen LogP contribution in [0.5, 0.6) is 0 Å². The minimum absolute atomic E-state index is 0.425. The van der Waals surface area contributed by atoms with E-state index in [1.54, 1.807) is 0 Å². The van der Waals surface area contributed by atoms with Crippen LogP contribution in [0.4, 0.5) is 5.69 Å². The molecule has 2 N–H and O–H groups in total. The van der Waals surface area contributed by atoms with E-state index in [2.05, 4.69) is 40.6 Å². The fourth-order valence-electron chi connectivity index (χ4n) is 2.80. The number of ether oxygens (including phenoxy) is 1. The molecule has 2 heterocycles. The van der Waals surface area contributed by atoms with Gasteiger partial charge in [-0.15, -0.1) is 0 Å². The van der Waals surface area contributed by atoms with Crippen LogP contribution in [0.1, 0.15) is 32.6 Å². The van der Waals surface area contributed by atoms with E-state index >= 15 is 0 Å². The van der Waals surface area contributed by atoms with Gasteiger partial charge in [-0.1, -0.05) is 13.3 Å². The number of fused-ring (bicyclic) bond motifs is 1. The lowest BCUT2D eigenvalue weighted by Crippen LogP contribution is -2.33. The first kappa shape index (κ1) is 12.5. The summed E-state index contributed by atoms with van der Waals surface area (Å²) in [5.74, 6) is 0. The number of H-pyrrole nitrogens is 1. The average Bonchev–Trinajstić information content (AvgIpc) is 2.87. The quantitative estimate of drug-likeness (QED) is 0.885. The number of nitrogens with one attached hydrogen (secondary N) is 2. The van der Waals surface area contributed by atoms with Crippen molar-refractivity contribution < 1.29 is 4.74 Å². The minimum Gasteiger partial charge on any atom is -0.382 e. The summed E-state index contributed by atoms with van der Waals surface area (Å²) in [6, 6.07) is 6.87. The predicted molar refractivity (Wildman–Crippen MR) is 77.4 cm³/mol. The monoisotopic (exact) mass is 259 g/mol. The normalized spacial score (nSPS) is 23.6. The van der Waals surface area contributed by atoms with Gasteiger partial charge in [0, 0.05) is 23.7 Å². The van der Waals surface area contributed by atoms with Crippen LogP contribution in [-0.2, 0) is 4.74 Å². The molecular formula is C15H21N3O. The van der Waals surface area contributed by atoms with Crippen molar-refractivity contribution in [3.05, 3.63) is 24.4 Å². The Labute approximate surface area is 113 Å². The summed E-state index contributed by atoms with van der Waals surface area (Å²) in [5.41, 5.74) is 2.26. The topological polar surface area (TPSA) is 49.9 Å². The molecule has 1 aromatic heterocycles. The van der Waals surface area contributed by atoms with Crippen LogP contribution in [0.2, 0.25) is 0 Å². The van der Waals surface area contributed by atoms with E-state index in [4.69, 9.17) is 4.74 Å². The number of aromatic amines is 1. The highest BCUT2D eigenvalue weighted by Crippen LogP contribution is 2.23. The number of rotatable bonds is 4. The van der Waals surface area contributed by atoms with Gasteiger partial charge in [-0.25, -0.2) is 0 Å². The maximum absolute atomic E-state index is 5.79. The SMILES string of the molecule is CCCC1CC(Nc2ccc3[nH]ncc3c2)CCO1. The molecule has 2 atom stereocenters. The van der Waals surface area contributed by atoms with E-state index in [1.165, 1.54) is 18.5 Å². The summed E-state index contributed by atoms with van der Waals surface area (Å²) in [6.45, 7) is 3.09. The van der Waals surface area contributed by atoms with Crippen molar-refractivity contribution >= 4 is 16.6 Å². The second-order valence-electron chi connectivity index (χ2n) is 5.32. The summed E-state index contributed by atoms with van der Waals surface area (Å²) < 4.78 is 5.79. The van der Waals surface area contributed by atoms with Gasteiger partial charge >= 0.3 is 0 Å². The van der Waals surface area contributed by atoms with Crippen LogP contribution in [0.25, 0.3) is 10.9 Å². The molecular weight excluding hydrogens is 238 g/mol. The summed E-state index contributed by atoms with van der Waals surface area (Å²) in [7, 11) is 0. The highest BCUT2D eigenvalue weighted by molar-refractivity contribution is 5.81. The largest absolute Gasteiger partial charge is 0.382 e. The van der Waals surface area contributed by atoms with Crippen LogP contribution in [0.3, 0.4) is 0 Å². The van der Waals surface area contributed by atoms with Gasteiger partial charge < -0.3 is 10.1 Å². The van der Waals surface area contributed by atoms with Crippen molar-refractivity contribution in [2.75, 3.05) is 11.9 Å². The number of hydrogen-bond donors (Lipinski definition) is 2. The summed E-state index contributed by atoms with van der Waals surface area (Å²) >= 11 is 0. The number of nitrogens with zero attached hydrogens (tertiary/aromatic N) is 1. The zero-order valence-electron chi connectivity index (χ0n) is 11.4. The van der Waals surface area contributed by atoms with Crippen molar-refractivity contribution in [2.45, 2.75) is 44.8 Å². The van der Waals surface area contributed by atoms with Crippen LogP contribution in [-0.4, -0.2) is 29.0 Å². The molecule has 0 spiro atoms. The molecule has 102 valence electrons. The standard InChI is InChI=1S/C15H21N3O/c1-2-3-14-9-13(6-7-19-14)17-12-4-5-15-11(8-12)10-16-18-15/h4-5,8,10,13-14,17H,2-3,6-7,9H2,1H3,(H,16,18). The van der Waals surface area contributed by atoms with E-state index in [-0.39, 0.29) is 0 Å². The first-order valence-electron chi connectivity index (χ1n) is 7.16. The Morgan fingerprint density at radius 3 is 3.32 bits per heavy atom. The zero-order chi connectivity index (χ0) is 13.1. The molecule has 1 aliphatic rings. The third-order valence-corrected chi connectivity index (χ3v) is 3.79. The molecule has 0 bridgehead atoms. The molecule has 0 amide bonds. The second kappa shape index (κ2) is 5.61. The fourth-order valence-corrected chi connectivity index (χ4v) is 2.80. The lowest BCUT2D eigenvalue weighted by molar-refractivity contribution is 0.00598. The number of benzene rings is 1. The smallest absolute Gasteiger partial charge is 0.0651 e. The Balaban J connectivity index is 1.66. The second-order valence-corrected chi connectivity index (χ2v) is 5.32. The summed E-state index contributed by atoms with van der Waals surface area (Å²) in [4.78, 5) is 0. The maximum atomic E-state index is 5.79. The van der Waals surface area contributed by atoms with Crippen molar-refractivity contribution in [2.24, 2.45) is 0 Å². The summed E-state index contributed by atoms with van der Waals surface area (Å²) in [6.07, 6.45) is 6.84. The number of aromatic nitrogens is 2. The van der Waals surface area contributed by atoms with Crippen molar-refractivity contribution in [3.63, 3.8) is 0 Å². The van der Waals surface area contributed by atoms with Gasteiger partial charge in [0.15, 0.2) is 0 Å². The molecule has 1 aliphatic heterocycles. The van der Waals surface area contributed by atoms with Crippen molar-refractivity contribution in [1.29, 1.82) is 0 Å². The molecule has 1 fully saturated rings. The molecule has 0 radical (unpaired) electrons. The predicted octanol–water partition coefficient (Wildman–Crippen LogP) is 3.32. The van der Waals surface area contributed by atoms with Gasteiger partial charge in [-0.2, -0.15) is 5.10 Å². The summed E-state index contributed by atoms with van der Waals surface area (Å²) in [5, 5.41) is 11.8. The van der Waals surface area contributed by atoms with Gasteiger partial charge in [0.05, 0.1) is 17.8 Å². The average molecular weight is 259 g/mol. The van der Waals surface area contributed by atoms with E-state index in [1.807, 2.05) is 6.20 Å². The molecule has 0 aliphatic carbocycles. The van der Waals surface area contributed by atoms with Crippen molar-refractivity contribution in [1.82, 2.24) is 10.2 Å². The molecule has 2 unspecified atom stereocenters. The minimum atomic E-state index is 0.425. The zero-order valence-corrected chi connectivity index (χ0v) is 11.4. The fraction of sp³-hybridized carbons (Fsp3) is 0.533. The van der Waals surface area contributed by atoms with Crippen molar-refractivity contribution in [3.8, 4) is 0 Å². The van der Waals surface area contributed by atoms with E-state index in [9.17, 15) is 0 Å². The molecule has 19 heavy (non-hydrogen) atoms. The highest BCUT2D eigenvalue weighted by Gasteiger charge is 2.21. The first-order valence-corrected chi connectivity index (χ1v) is 7.16. The first-order chi connectivity index (χ1) is 9.35. The maximum Gasteiger partial charge on any atom is 0.0651 e. The Morgan fingerprint density at radius 1 is 1.47 bits per heavy atom. The molecule has 1 saturated heterocycles. The Bertz CT molecular complexity index is 535. The van der Waals surface area contributed by atoms with E-state index in [0.717, 1.165) is 30.4 Å². The molecule has 3 rings (SSSR count). The van der Waals surface area contributed by atoms with Crippen LogP contribution in [0, 0.1) is 0 Å². The highest BCUT2D eigenvalue weighted by atomic mass is 16.5. The van der Waals surface area contributed by atoms with Crippen LogP contribution in [0.15, 0.2) is 24.4 Å². The number of anilines is 1. The molecule has 4 heteroatoms.